The van der Waals surface area contributed by atoms with Gasteiger partial charge >= 0.3 is 0 Å². The second-order valence-corrected chi connectivity index (χ2v) is 6.16. The lowest BCUT2D eigenvalue weighted by atomic mass is 9.81. The Labute approximate surface area is 108 Å². The number of methoxy groups -OCH3 is 1. The molecule has 3 nitrogen and oxygen atoms in total. The summed E-state index contributed by atoms with van der Waals surface area (Å²) in [6.45, 7) is 2.74. The molecule has 1 spiro atoms. The van der Waals surface area contributed by atoms with Gasteiger partial charge in [0.05, 0.1) is 5.60 Å². The van der Waals surface area contributed by atoms with Crippen molar-refractivity contribution in [3.8, 4) is 0 Å². The minimum absolute atomic E-state index is 0.00469. The average molecular weight is 258 g/mol. The van der Waals surface area contributed by atoms with Crippen molar-refractivity contribution in [2.45, 2.75) is 44.3 Å². The molecular formula is C13H22O3S. The van der Waals surface area contributed by atoms with E-state index < -0.39 is 0 Å². The van der Waals surface area contributed by atoms with E-state index >= 15 is 0 Å². The lowest BCUT2D eigenvalue weighted by Gasteiger charge is -2.37. The van der Waals surface area contributed by atoms with E-state index in [1.54, 1.807) is 7.11 Å². The lowest BCUT2D eigenvalue weighted by molar-refractivity contribution is -0.143. The standard InChI is InChI=1S/C13H22O3S/c1-3-11(15-2)12(14)10-4-6-16-13(8-10)5-7-17-9-13/h10-11H,3-9H2,1-2H3. The largest absolute Gasteiger partial charge is 0.374 e. The summed E-state index contributed by atoms with van der Waals surface area (Å²) in [6.07, 6.45) is 3.42. The van der Waals surface area contributed by atoms with Gasteiger partial charge in [0.2, 0.25) is 0 Å². The summed E-state index contributed by atoms with van der Waals surface area (Å²) < 4.78 is 11.2. The quantitative estimate of drug-likeness (QED) is 0.775. The highest BCUT2D eigenvalue weighted by Crippen LogP contribution is 2.41. The van der Waals surface area contributed by atoms with Gasteiger partial charge in [-0.3, -0.25) is 4.79 Å². The number of carbonyl (C=O) groups is 1. The fraction of sp³-hybridized carbons (Fsp3) is 0.923. The molecule has 0 aromatic rings. The molecule has 0 radical (unpaired) electrons. The van der Waals surface area contributed by atoms with Crippen LogP contribution in [0.5, 0.6) is 0 Å². The van der Waals surface area contributed by atoms with E-state index in [0.717, 1.165) is 38.0 Å². The molecule has 2 saturated heterocycles. The molecule has 2 aliphatic rings. The summed E-state index contributed by atoms with van der Waals surface area (Å²) in [6, 6.07) is 0. The van der Waals surface area contributed by atoms with Crippen molar-refractivity contribution < 1.29 is 14.3 Å². The van der Waals surface area contributed by atoms with Gasteiger partial charge in [0.1, 0.15) is 6.10 Å². The topological polar surface area (TPSA) is 35.5 Å². The maximum Gasteiger partial charge on any atom is 0.164 e. The Kier molecular flexibility index (Phi) is 4.50. The van der Waals surface area contributed by atoms with Gasteiger partial charge in [0, 0.05) is 25.4 Å². The van der Waals surface area contributed by atoms with Crippen molar-refractivity contribution >= 4 is 17.5 Å². The molecule has 2 rings (SSSR count). The molecular weight excluding hydrogens is 236 g/mol. The van der Waals surface area contributed by atoms with E-state index in [1.807, 2.05) is 18.7 Å². The molecule has 3 atom stereocenters. The van der Waals surface area contributed by atoms with Crippen LogP contribution in [0.25, 0.3) is 0 Å². The van der Waals surface area contributed by atoms with Crippen LogP contribution in [-0.2, 0) is 14.3 Å². The molecule has 0 N–H and O–H groups in total. The van der Waals surface area contributed by atoms with Crippen LogP contribution < -0.4 is 0 Å². The Morgan fingerprint density at radius 3 is 3.06 bits per heavy atom. The van der Waals surface area contributed by atoms with Crippen molar-refractivity contribution in [2.75, 3.05) is 25.2 Å². The number of hydrogen-bond donors (Lipinski definition) is 0. The Morgan fingerprint density at radius 2 is 2.47 bits per heavy atom. The summed E-state index contributed by atoms with van der Waals surface area (Å²) in [5.41, 5.74) is -0.00469. The number of ether oxygens (including phenoxy) is 2. The highest BCUT2D eigenvalue weighted by molar-refractivity contribution is 7.99. The van der Waals surface area contributed by atoms with Crippen molar-refractivity contribution in [1.29, 1.82) is 0 Å². The van der Waals surface area contributed by atoms with Gasteiger partial charge in [-0.25, -0.2) is 0 Å². The number of Topliss-reactive ketones (excluding diaryl/α,β-unsaturated/α-hetero) is 1. The normalized spacial score (nSPS) is 35.1. The SMILES string of the molecule is CCC(OC)C(=O)C1CCOC2(CCSC2)C1. The predicted molar refractivity (Wildman–Crippen MR) is 69.4 cm³/mol. The summed E-state index contributed by atoms with van der Waals surface area (Å²) in [4.78, 5) is 12.3. The molecule has 0 bridgehead atoms. The van der Waals surface area contributed by atoms with Crippen LogP contribution in [0.15, 0.2) is 0 Å². The zero-order chi connectivity index (χ0) is 12.3. The van der Waals surface area contributed by atoms with Crippen molar-refractivity contribution in [3.63, 3.8) is 0 Å². The molecule has 17 heavy (non-hydrogen) atoms. The fourth-order valence-corrected chi connectivity index (χ4v) is 4.26. The molecule has 2 fully saturated rings. The smallest absolute Gasteiger partial charge is 0.164 e. The van der Waals surface area contributed by atoms with E-state index in [0.29, 0.717) is 0 Å². The number of carbonyl (C=O) groups excluding carboxylic acids is 1. The Morgan fingerprint density at radius 1 is 1.65 bits per heavy atom. The summed E-state index contributed by atoms with van der Waals surface area (Å²) >= 11 is 1.95. The third-order valence-electron chi connectivity index (χ3n) is 3.94. The molecule has 0 saturated carbocycles. The predicted octanol–water partition coefficient (Wildman–Crippen LogP) is 2.28. The number of rotatable bonds is 4. The molecule has 3 unspecified atom stereocenters. The van der Waals surface area contributed by atoms with E-state index in [-0.39, 0.29) is 23.4 Å². The first-order valence-electron chi connectivity index (χ1n) is 6.49. The maximum atomic E-state index is 12.3. The minimum atomic E-state index is -0.218. The van der Waals surface area contributed by atoms with Crippen molar-refractivity contribution in [2.24, 2.45) is 5.92 Å². The van der Waals surface area contributed by atoms with Crippen LogP contribution in [0.2, 0.25) is 0 Å². The maximum absolute atomic E-state index is 12.3. The lowest BCUT2D eigenvalue weighted by Crippen LogP contribution is -2.44. The molecule has 2 heterocycles. The number of ketones is 1. The summed E-state index contributed by atoms with van der Waals surface area (Å²) in [5, 5.41) is 0. The highest BCUT2D eigenvalue weighted by Gasteiger charge is 2.43. The van der Waals surface area contributed by atoms with Crippen LogP contribution >= 0.6 is 11.8 Å². The van der Waals surface area contributed by atoms with Gasteiger partial charge in [0.25, 0.3) is 0 Å². The highest BCUT2D eigenvalue weighted by atomic mass is 32.2. The molecule has 98 valence electrons. The molecule has 0 amide bonds. The molecule has 2 aliphatic heterocycles. The summed E-state index contributed by atoms with van der Waals surface area (Å²) in [7, 11) is 1.63. The second-order valence-electron chi connectivity index (χ2n) is 5.06. The van der Waals surface area contributed by atoms with E-state index in [1.165, 1.54) is 5.75 Å². The first kappa shape index (κ1) is 13.4. The zero-order valence-corrected chi connectivity index (χ0v) is 11.6. The second kappa shape index (κ2) is 5.72. The van der Waals surface area contributed by atoms with E-state index in [2.05, 4.69) is 0 Å². The van der Waals surface area contributed by atoms with Gasteiger partial charge < -0.3 is 9.47 Å². The first-order valence-corrected chi connectivity index (χ1v) is 7.64. The third-order valence-corrected chi connectivity index (χ3v) is 5.16. The van der Waals surface area contributed by atoms with Crippen LogP contribution in [0.1, 0.15) is 32.6 Å². The number of thioether (sulfide) groups is 1. The fourth-order valence-electron chi connectivity index (χ4n) is 2.88. The first-order chi connectivity index (χ1) is 8.21. The van der Waals surface area contributed by atoms with Gasteiger partial charge in [-0.15, -0.1) is 0 Å². The molecule has 0 aromatic heterocycles. The third kappa shape index (κ3) is 2.85. The van der Waals surface area contributed by atoms with E-state index in [9.17, 15) is 4.79 Å². The van der Waals surface area contributed by atoms with Crippen LogP contribution in [0.4, 0.5) is 0 Å². The van der Waals surface area contributed by atoms with Crippen molar-refractivity contribution in [3.05, 3.63) is 0 Å². The molecule has 0 aliphatic carbocycles. The minimum Gasteiger partial charge on any atom is -0.374 e. The van der Waals surface area contributed by atoms with Gasteiger partial charge in [-0.05, 0) is 31.4 Å². The van der Waals surface area contributed by atoms with Gasteiger partial charge in [0.15, 0.2) is 5.78 Å². The van der Waals surface area contributed by atoms with Crippen LogP contribution in [0, 0.1) is 5.92 Å². The average Bonchev–Trinajstić information content (AvgIpc) is 2.78. The monoisotopic (exact) mass is 258 g/mol. The molecule has 0 aromatic carbocycles. The van der Waals surface area contributed by atoms with Gasteiger partial charge in [-0.1, -0.05) is 6.92 Å². The van der Waals surface area contributed by atoms with Crippen molar-refractivity contribution in [1.82, 2.24) is 0 Å². The number of hydrogen-bond acceptors (Lipinski definition) is 4. The van der Waals surface area contributed by atoms with E-state index in [4.69, 9.17) is 9.47 Å². The molecule has 4 heteroatoms. The summed E-state index contributed by atoms with van der Waals surface area (Å²) in [5.74, 6) is 2.66. The van der Waals surface area contributed by atoms with Crippen LogP contribution in [-0.4, -0.2) is 42.7 Å². The van der Waals surface area contributed by atoms with Gasteiger partial charge in [-0.2, -0.15) is 11.8 Å². The Hall–Kier alpha value is -0.0600. The Balaban J connectivity index is 1.99. The Bertz CT molecular complexity index is 270. The zero-order valence-electron chi connectivity index (χ0n) is 10.7. The van der Waals surface area contributed by atoms with Crippen LogP contribution in [0.3, 0.4) is 0 Å².